The first-order valence-corrected chi connectivity index (χ1v) is 7.36. The van der Waals surface area contributed by atoms with Crippen LogP contribution in [0.4, 0.5) is 5.69 Å². The van der Waals surface area contributed by atoms with Gasteiger partial charge in [-0.05, 0) is 24.6 Å². The van der Waals surface area contributed by atoms with Gasteiger partial charge in [0.1, 0.15) is 0 Å². The van der Waals surface area contributed by atoms with Gasteiger partial charge in [-0.15, -0.1) is 22.9 Å². The molecule has 5 heteroatoms. The molecule has 0 bridgehead atoms. The van der Waals surface area contributed by atoms with Crippen molar-refractivity contribution in [3.8, 4) is 0 Å². The van der Waals surface area contributed by atoms with E-state index in [9.17, 15) is 0 Å². The molecule has 1 aromatic heterocycles. The average molecular weight is 301 g/mol. The van der Waals surface area contributed by atoms with Crippen LogP contribution in [-0.4, -0.2) is 12.0 Å². The largest absolute Gasteiger partial charge is 0.369 e. The van der Waals surface area contributed by atoms with Crippen molar-refractivity contribution in [2.45, 2.75) is 19.3 Å². The number of hydrogen-bond acceptors (Lipinski definition) is 3. The van der Waals surface area contributed by atoms with E-state index < -0.39 is 0 Å². The second-order valence-corrected chi connectivity index (χ2v) is 5.86. The van der Waals surface area contributed by atoms with Gasteiger partial charge in [-0.25, -0.2) is 4.98 Å². The molecular weight excluding hydrogens is 287 g/mol. The first kappa shape index (κ1) is 13.7. The zero-order chi connectivity index (χ0) is 13.1. The van der Waals surface area contributed by atoms with E-state index in [1.54, 1.807) is 11.3 Å². The van der Waals surface area contributed by atoms with Gasteiger partial charge in [-0.2, -0.15) is 0 Å². The van der Waals surface area contributed by atoms with Crippen molar-refractivity contribution in [3.63, 3.8) is 0 Å². The van der Waals surface area contributed by atoms with Crippen LogP contribution < -0.4 is 4.90 Å². The Morgan fingerprint density at radius 3 is 2.72 bits per heavy atom. The van der Waals surface area contributed by atoms with Gasteiger partial charge in [0.15, 0.2) is 0 Å². The zero-order valence-corrected chi connectivity index (χ0v) is 12.6. The molecule has 1 heterocycles. The van der Waals surface area contributed by atoms with Crippen molar-refractivity contribution in [2.75, 3.05) is 11.9 Å². The van der Waals surface area contributed by atoms with Gasteiger partial charge >= 0.3 is 0 Å². The van der Waals surface area contributed by atoms with Crippen molar-refractivity contribution in [1.29, 1.82) is 0 Å². The molecule has 0 N–H and O–H groups in total. The summed E-state index contributed by atoms with van der Waals surface area (Å²) in [5.74, 6) is 0.439. The van der Waals surface area contributed by atoms with E-state index in [1.165, 1.54) is 0 Å². The standard InChI is InChI=1S/C13H14Cl2N2S/c1-9-16-11(8-18-9)7-17(2)12-4-3-10(6-14)13(15)5-12/h3-5,8H,6-7H2,1-2H3. The molecule has 0 fully saturated rings. The summed E-state index contributed by atoms with van der Waals surface area (Å²) in [6.07, 6.45) is 0. The quantitative estimate of drug-likeness (QED) is 0.774. The number of nitrogens with zero attached hydrogens (tertiary/aromatic N) is 2. The highest BCUT2D eigenvalue weighted by atomic mass is 35.5. The van der Waals surface area contributed by atoms with E-state index in [2.05, 4.69) is 15.3 Å². The molecule has 96 valence electrons. The Balaban J connectivity index is 2.13. The van der Waals surface area contributed by atoms with Crippen LogP contribution in [-0.2, 0) is 12.4 Å². The number of hydrogen-bond donors (Lipinski definition) is 0. The maximum Gasteiger partial charge on any atom is 0.0898 e. The molecule has 2 aromatic rings. The number of anilines is 1. The molecule has 0 spiro atoms. The number of alkyl halides is 1. The molecule has 0 saturated carbocycles. The Kier molecular flexibility index (Phi) is 4.49. The summed E-state index contributed by atoms with van der Waals surface area (Å²) in [4.78, 5) is 6.58. The minimum Gasteiger partial charge on any atom is -0.369 e. The van der Waals surface area contributed by atoms with E-state index in [0.29, 0.717) is 10.9 Å². The van der Waals surface area contributed by atoms with Gasteiger partial charge in [-0.1, -0.05) is 17.7 Å². The van der Waals surface area contributed by atoms with Crippen molar-refractivity contribution in [3.05, 3.63) is 44.9 Å². The second kappa shape index (κ2) is 5.91. The molecule has 0 unspecified atom stereocenters. The lowest BCUT2D eigenvalue weighted by Crippen LogP contribution is -2.16. The van der Waals surface area contributed by atoms with Crippen LogP contribution in [0.3, 0.4) is 0 Å². The van der Waals surface area contributed by atoms with Crippen molar-refractivity contribution in [2.24, 2.45) is 0 Å². The first-order chi connectivity index (χ1) is 8.60. The fraction of sp³-hybridized carbons (Fsp3) is 0.308. The smallest absolute Gasteiger partial charge is 0.0898 e. The van der Waals surface area contributed by atoms with E-state index >= 15 is 0 Å². The molecule has 0 atom stereocenters. The third kappa shape index (κ3) is 3.16. The minimum atomic E-state index is 0.439. The predicted octanol–water partition coefficient (Wildman–Crippen LogP) is 4.48. The van der Waals surface area contributed by atoms with Crippen LogP contribution in [0.1, 0.15) is 16.3 Å². The van der Waals surface area contributed by atoms with E-state index in [1.807, 2.05) is 32.2 Å². The van der Waals surface area contributed by atoms with Crippen LogP contribution in [0, 0.1) is 6.92 Å². The number of thiazole rings is 1. The van der Waals surface area contributed by atoms with E-state index in [4.69, 9.17) is 23.2 Å². The SMILES string of the molecule is Cc1nc(CN(C)c2ccc(CCl)c(Cl)c2)cs1. The summed E-state index contributed by atoms with van der Waals surface area (Å²) in [6, 6.07) is 5.94. The number of rotatable bonds is 4. The monoisotopic (exact) mass is 300 g/mol. The molecule has 18 heavy (non-hydrogen) atoms. The van der Waals surface area contributed by atoms with Crippen molar-refractivity contribution in [1.82, 2.24) is 4.98 Å². The van der Waals surface area contributed by atoms with Gasteiger partial charge < -0.3 is 4.90 Å². The molecule has 2 rings (SSSR count). The van der Waals surface area contributed by atoms with E-state index in [-0.39, 0.29) is 0 Å². The highest BCUT2D eigenvalue weighted by Gasteiger charge is 2.07. The molecule has 0 aliphatic rings. The maximum absolute atomic E-state index is 6.16. The molecule has 0 radical (unpaired) electrons. The lowest BCUT2D eigenvalue weighted by molar-refractivity contribution is 0.890. The highest BCUT2D eigenvalue weighted by Crippen LogP contribution is 2.25. The van der Waals surface area contributed by atoms with Gasteiger partial charge in [0.2, 0.25) is 0 Å². The lowest BCUT2D eigenvalue weighted by atomic mass is 10.2. The van der Waals surface area contributed by atoms with Crippen molar-refractivity contribution < 1.29 is 0 Å². The summed E-state index contributed by atoms with van der Waals surface area (Å²) in [7, 11) is 2.03. The first-order valence-electron chi connectivity index (χ1n) is 5.56. The highest BCUT2D eigenvalue weighted by molar-refractivity contribution is 7.09. The summed E-state index contributed by atoms with van der Waals surface area (Å²) in [6.45, 7) is 2.79. The molecule has 0 aliphatic heterocycles. The average Bonchev–Trinajstić information content (AvgIpc) is 2.74. The molecule has 0 saturated heterocycles. The number of aromatic nitrogens is 1. The molecule has 0 aliphatic carbocycles. The summed E-state index contributed by atoms with van der Waals surface area (Å²) < 4.78 is 0. The lowest BCUT2D eigenvalue weighted by Gasteiger charge is -2.19. The molecule has 0 amide bonds. The summed E-state index contributed by atoms with van der Waals surface area (Å²) in [5, 5.41) is 3.89. The van der Waals surface area contributed by atoms with Crippen LogP contribution in [0.15, 0.2) is 23.6 Å². The van der Waals surface area contributed by atoms with Crippen LogP contribution in [0.25, 0.3) is 0 Å². The third-order valence-corrected chi connectivity index (χ3v) is 4.15. The van der Waals surface area contributed by atoms with Gasteiger partial charge in [0.05, 0.1) is 17.2 Å². The summed E-state index contributed by atoms with van der Waals surface area (Å²) >= 11 is 13.6. The van der Waals surface area contributed by atoms with Gasteiger partial charge in [-0.3, -0.25) is 0 Å². The number of benzene rings is 1. The van der Waals surface area contributed by atoms with Crippen molar-refractivity contribution >= 4 is 40.2 Å². The minimum absolute atomic E-state index is 0.439. The predicted molar refractivity (Wildman–Crippen MR) is 80.0 cm³/mol. The van der Waals surface area contributed by atoms with Crippen LogP contribution in [0.5, 0.6) is 0 Å². The Labute approximate surface area is 121 Å². The van der Waals surface area contributed by atoms with Crippen LogP contribution in [0.2, 0.25) is 5.02 Å². The Morgan fingerprint density at radius 1 is 1.39 bits per heavy atom. The zero-order valence-electron chi connectivity index (χ0n) is 10.3. The fourth-order valence-electron chi connectivity index (χ4n) is 1.70. The normalized spacial score (nSPS) is 10.7. The topological polar surface area (TPSA) is 16.1 Å². The van der Waals surface area contributed by atoms with E-state index in [0.717, 1.165) is 28.5 Å². The second-order valence-electron chi connectivity index (χ2n) is 4.12. The fourth-order valence-corrected chi connectivity index (χ4v) is 2.84. The molecular formula is C13H14Cl2N2S. The van der Waals surface area contributed by atoms with Gasteiger partial charge in [0.25, 0.3) is 0 Å². The Bertz CT molecular complexity index is 540. The maximum atomic E-state index is 6.16. The third-order valence-electron chi connectivity index (χ3n) is 2.69. The Morgan fingerprint density at radius 2 is 2.17 bits per heavy atom. The molecule has 1 aromatic carbocycles. The number of halogens is 2. The Hall–Kier alpha value is -0.770. The van der Waals surface area contributed by atoms with Crippen LogP contribution >= 0.6 is 34.5 Å². The number of aryl methyl sites for hydroxylation is 1. The summed E-state index contributed by atoms with van der Waals surface area (Å²) in [5.41, 5.74) is 3.11. The van der Waals surface area contributed by atoms with Gasteiger partial charge in [0, 0.05) is 29.0 Å². The molecule has 2 nitrogen and oxygen atoms in total.